The Morgan fingerprint density at radius 3 is 2.42 bits per heavy atom. The van der Waals surface area contributed by atoms with E-state index in [-0.39, 0.29) is 18.0 Å². The fourth-order valence-corrected chi connectivity index (χ4v) is 1.58. The van der Waals surface area contributed by atoms with E-state index in [0.717, 1.165) is 5.69 Å². The van der Waals surface area contributed by atoms with Gasteiger partial charge in [-0.15, -0.1) is 0 Å². The van der Waals surface area contributed by atoms with Gasteiger partial charge in [-0.25, -0.2) is 0 Å². The molecule has 0 fully saturated rings. The third kappa shape index (κ3) is 5.07. The fraction of sp³-hybridized carbons (Fsp3) is 0.500. The van der Waals surface area contributed by atoms with E-state index in [4.69, 9.17) is 9.47 Å². The van der Waals surface area contributed by atoms with Crippen molar-refractivity contribution in [2.24, 2.45) is 0 Å². The van der Waals surface area contributed by atoms with Gasteiger partial charge in [-0.1, -0.05) is 0 Å². The molecule has 1 rings (SSSR count). The average molecular weight is 266 g/mol. The Morgan fingerprint density at radius 2 is 1.89 bits per heavy atom. The highest BCUT2D eigenvalue weighted by Gasteiger charge is 2.14. The van der Waals surface area contributed by atoms with Crippen LogP contribution in [0.2, 0.25) is 0 Å². The lowest BCUT2D eigenvalue weighted by Crippen LogP contribution is -2.43. The van der Waals surface area contributed by atoms with Crippen LogP contribution in [0.4, 0.5) is 5.69 Å². The highest BCUT2D eigenvalue weighted by molar-refractivity contribution is 5.82. The number of carbonyl (C=O) groups excluding carboxylic acids is 1. The predicted molar refractivity (Wildman–Crippen MR) is 75.9 cm³/mol. The summed E-state index contributed by atoms with van der Waals surface area (Å²) in [5, 5.41) is 5.93. The molecule has 0 atom stereocenters. The summed E-state index contributed by atoms with van der Waals surface area (Å²) in [6.45, 7) is 6.02. The Bertz CT molecular complexity index is 439. The molecular formula is C14H22N2O3. The Morgan fingerprint density at radius 1 is 1.21 bits per heavy atom. The quantitative estimate of drug-likeness (QED) is 0.856. The summed E-state index contributed by atoms with van der Waals surface area (Å²) >= 11 is 0. The van der Waals surface area contributed by atoms with Crippen molar-refractivity contribution in [1.29, 1.82) is 0 Å². The highest BCUT2D eigenvalue weighted by Crippen LogP contribution is 2.28. The molecule has 0 aliphatic carbocycles. The van der Waals surface area contributed by atoms with Gasteiger partial charge in [0.2, 0.25) is 5.91 Å². The Balaban J connectivity index is 2.65. The number of methoxy groups -OCH3 is 2. The number of hydrogen-bond donors (Lipinski definition) is 2. The first-order valence-corrected chi connectivity index (χ1v) is 6.12. The van der Waals surface area contributed by atoms with Crippen molar-refractivity contribution in [2.45, 2.75) is 26.3 Å². The van der Waals surface area contributed by atoms with Crippen molar-refractivity contribution in [2.75, 3.05) is 26.1 Å². The van der Waals surface area contributed by atoms with Crippen LogP contribution in [0.3, 0.4) is 0 Å². The molecule has 106 valence electrons. The Labute approximate surface area is 114 Å². The van der Waals surface area contributed by atoms with E-state index >= 15 is 0 Å². The standard InChI is InChI=1S/C14H22N2O3/c1-14(2,3)16-13(17)9-15-11-7-6-10(18-4)8-12(11)19-5/h6-8,15H,9H2,1-5H3,(H,16,17). The molecule has 0 bridgehead atoms. The molecule has 5 nitrogen and oxygen atoms in total. The van der Waals surface area contributed by atoms with Gasteiger partial charge in [0.25, 0.3) is 0 Å². The van der Waals surface area contributed by atoms with E-state index < -0.39 is 0 Å². The van der Waals surface area contributed by atoms with Crippen molar-refractivity contribution in [3.63, 3.8) is 0 Å². The zero-order valence-electron chi connectivity index (χ0n) is 12.2. The Hall–Kier alpha value is -1.91. The number of ether oxygens (including phenoxy) is 2. The van der Waals surface area contributed by atoms with Gasteiger partial charge in [0.1, 0.15) is 11.5 Å². The first kappa shape index (κ1) is 15.1. The Kier molecular flexibility index (Phi) is 5.03. The van der Waals surface area contributed by atoms with Crippen LogP contribution in [0.25, 0.3) is 0 Å². The molecule has 0 radical (unpaired) electrons. The van der Waals surface area contributed by atoms with E-state index in [1.165, 1.54) is 0 Å². The first-order valence-electron chi connectivity index (χ1n) is 6.12. The van der Waals surface area contributed by atoms with Gasteiger partial charge in [-0.2, -0.15) is 0 Å². The number of nitrogens with one attached hydrogen (secondary N) is 2. The molecular weight excluding hydrogens is 244 g/mol. The number of rotatable bonds is 5. The van der Waals surface area contributed by atoms with Crippen LogP contribution in [0.1, 0.15) is 20.8 Å². The minimum atomic E-state index is -0.233. The van der Waals surface area contributed by atoms with Crippen molar-refractivity contribution >= 4 is 11.6 Å². The molecule has 0 spiro atoms. The lowest BCUT2D eigenvalue weighted by molar-refractivity contribution is -0.120. The van der Waals surface area contributed by atoms with Gasteiger partial charge in [-0.3, -0.25) is 4.79 Å². The molecule has 19 heavy (non-hydrogen) atoms. The molecule has 0 aliphatic heterocycles. The zero-order valence-corrected chi connectivity index (χ0v) is 12.2. The second kappa shape index (κ2) is 6.31. The summed E-state index contributed by atoms with van der Waals surface area (Å²) in [7, 11) is 3.17. The summed E-state index contributed by atoms with van der Waals surface area (Å²) in [4.78, 5) is 11.7. The third-order valence-corrected chi connectivity index (χ3v) is 2.36. The molecule has 5 heteroatoms. The van der Waals surface area contributed by atoms with E-state index in [9.17, 15) is 4.79 Å². The predicted octanol–water partition coefficient (Wildman–Crippen LogP) is 2.03. The monoisotopic (exact) mass is 266 g/mol. The summed E-state index contributed by atoms with van der Waals surface area (Å²) in [5.74, 6) is 1.29. The molecule has 0 heterocycles. The maximum absolute atomic E-state index is 11.7. The minimum Gasteiger partial charge on any atom is -0.497 e. The SMILES string of the molecule is COc1ccc(NCC(=O)NC(C)(C)C)c(OC)c1. The molecule has 0 unspecified atom stereocenters. The molecule has 1 amide bonds. The largest absolute Gasteiger partial charge is 0.497 e. The van der Waals surface area contributed by atoms with Crippen LogP contribution in [-0.4, -0.2) is 32.2 Å². The van der Waals surface area contributed by atoms with E-state index in [1.807, 2.05) is 32.9 Å². The highest BCUT2D eigenvalue weighted by atomic mass is 16.5. The summed E-state index contributed by atoms with van der Waals surface area (Å²) in [6.07, 6.45) is 0. The zero-order chi connectivity index (χ0) is 14.5. The fourth-order valence-electron chi connectivity index (χ4n) is 1.58. The molecule has 1 aromatic carbocycles. The van der Waals surface area contributed by atoms with Crippen LogP contribution in [0.5, 0.6) is 11.5 Å². The summed E-state index contributed by atoms with van der Waals surface area (Å²) in [5.41, 5.74) is 0.523. The molecule has 2 N–H and O–H groups in total. The first-order chi connectivity index (χ1) is 8.85. The van der Waals surface area contributed by atoms with Gasteiger partial charge < -0.3 is 20.1 Å². The summed E-state index contributed by atoms with van der Waals surface area (Å²) in [6, 6.07) is 5.40. The lowest BCUT2D eigenvalue weighted by Gasteiger charge is -2.21. The van der Waals surface area contributed by atoms with Gasteiger partial charge in [-0.05, 0) is 32.9 Å². The lowest BCUT2D eigenvalue weighted by atomic mass is 10.1. The van der Waals surface area contributed by atoms with Crippen molar-refractivity contribution in [3.8, 4) is 11.5 Å². The van der Waals surface area contributed by atoms with Crippen molar-refractivity contribution < 1.29 is 14.3 Å². The minimum absolute atomic E-state index is 0.0645. The maximum atomic E-state index is 11.7. The van der Waals surface area contributed by atoms with Gasteiger partial charge in [0, 0.05) is 11.6 Å². The van der Waals surface area contributed by atoms with Gasteiger partial charge >= 0.3 is 0 Å². The van der Waals surface area contributed by atoms with Crippen molar-refractivity contribution in [3.05, 3.63) is 18.2 Å². The smallest absolute Gasteiger partial charge is 0.239 e. The van der Waals surface area contributed by atoms with E-state index in [2.05, 4.69) is 10.6 Å². The summed E-state index contributed by atoms with van der Waals surface area (Å²) < 4.78 is 10.4. The maximum Gasteiger partial charge on any atom is 0.239 e. The second-order valence-electron chi connectivity index (χ2n) is 5.22. The third-order valence-electron chi connectivity index (χ3n) is 2.36. The van der Waals surface area contributed by atoms with Crippen LogP contribution in [0, 0.1) is 0 Å². The van der Waals surface area contributed by atoms with E-state index in [1.54, 1.807) is 20.3 Å². The van der Waals surface area contributed by atoms with Gasteiger partial charge in [0.15, 0.2) is 0 Å². The number of carbonyl (C=O) groups is 1. The van der Waals surface area contributed by atoms with Crippen molar-refractivity contribution in [1.82, 2.24) is 5.32 Å². The van der Waals surface area contributed by atoms with Crippen LogP contribution in [0.15, 0.2) is 18.2 Å². The number of benzene rings is 1. The average Bonchev–Trinajstić information content (AvgIpc) is 2.34. The number of amides is 1. The molecule has 0 saturated heterocycles. The van der Waals surface area contributed by atoms with Crippen LogP contribution >= 0.6 is 0 Å². The second-order valence-corrected chi connectivity index (χ2v) is 5.22. The molecule has 0 aromatic heterocycles. The van der Waals surface area contributed by atoms with Gasteiger partial charge in [0.05, 0.1) is 26.5 Å². The van der Waals surface area contributed by atoms with Crippen LogP contribution < -0.4 is 20.1 Å². The number of hydrogen-bond acceptors (Lipinski definition) is 4. The molecule has 0 saturated carbocycles. The number of anilines is 1. The normalized spacial score (nSPS) is 10.8. The van der Waals surface area contributed by atoms with E-state index in [0.29, 0.717) is 11.5 Å². The topological polar surface area (TPSA) is 59.6 Å². The molecule has 1 aromatic rings. The van der Waals surface area contributed by atoms with Crippen LogP contribution in [-0.2, 0) is 4.79 Å². The molecule has 0 aliphatic rings.